The number of carbonyl (C=O) groups is 2. The first-order chi connectivity index (χ1) is 8.08. The maximum atomic E-state index is 12.0. The van der Waals surface area contributed by atoms with Gasteiger partial charge in [0.05, 0.1) is 6.42 Å². The molecule has 1 aliphatic rings. The molecule has 1 aromatic rings. The minimum atomic E-state index is -0.975. The van der Waals surface area contributed by atoms with Crippen molar-refractivity contribution in [1.29, 1.82) is 0 Å². The molecular weight excluding hydrogens is 240 g/mol. The molecule has 1 aliphatic heterocycles. The van der Waals surface area contributed by atoms with E-state index in [4.69, 9.17) is 10.8 Å². The van der Waals surface area contributed by atoms with Gasteiger partial charge in [0.1, 0.15) is 6.04 Å². The van der Waals surface area contributed by atoms with Gasteiger partial charge in [-0.25, -0.2) is 4.79 Å². The van der Waals surface area contributed by atoms with Crippen molar-refractivity contribution in [2.24, 2.45) is 5.73 Å². The second-order valence-corrected chi connectivity index (χ2v) is 5.18. The van der Waals surface area contributed by atoms with Gasteiger partial charge in [-0.3, -0.25) is 4.79 Å². The van der Waals surface area contributed by atoms with Gasteiger partial charge in [0.25, 0.3) is 0 Å². The molecule has 0 aliphatic carbocycles. The van der Waals surface area contributed by atoms with E-state index in [0.29, 0.717) is 13.0 Å². The fraction of sp³-hybridized carbons (Fsp3) is 0.455. The largest absolute Gasteiger partial charge is 0.480 e. The number of amides is 1. The zero-order valence-electron chi connectivity index (χ0n) is 9.20. The third-order valence-corrected chi connectivity index (χ3v) is 3.72. The highest BCUT2D eigenvalue weighted by molar-refractivity contribution is 7.10. The summed E-state index contributed by atoms with van der Waals surface area (Å²) in [5.74, 6) is -1.13. The molecule has 1 amide bonds. The van der Waals surface area contributed by atoms with Gasteiger partial charge >= 0.3 is 5.97 Å². The summed E-state index contributed by atoms with van der Waals surface area (Å²) in [6.07, 6.45) is 0.597. The van der Waals surface area contributed by atoms with E-state index in [2.05, 4.69) is 0 Å². The van der Waals surface area contributed by atoms with Crippen LogP contribution in [0.1, 0.15) is 11.3 Å². The molecular formula is C11H14N2O3S. The van der Waals surface area contributed by atoms with E-state index in [-0.39, 0.29) is 18.4 Å². The van der Waals surface area contributed by atoms with Gasteiger partial charge in [-0.1, -0.05) is 6.07 Å². The summed E-state index contributed by atoms with van der Waals surface area (Å²) in [4.78, 5) is 25.3. The lowest BCUT2D eigenvalue weighted by atomic mass is 10.2. The normalized spacial score (nSPS) is 23.9. The molecule has 2 atom stereocenters. The van der Waals surface area contributed by atoms with Crippen LogP contribution in [0.3, 0.4) is 0 Å². The number of likely N-dealkylation sites (tertiary alicyclic amines) is 1. The van der Waals surface area contributed by atoms with Crippen molar-refractivity contribution < 1.29 is 14.7 Å². The predicted octanol–water partition coefficient (Wildman–Crippen LogP) is 0.303. The van der Waals surface area contributed by atoms with Crippen LogP contribution >= 0.6 is 11.3 Å². The molecule has 1 saturated heterocycles. The van der Waals surface area contributed by atoms with E-state index in [9.17, 15) is 9.59 Å². The van der Waals surface area contributed by atoms with Gasteiger partial charge in [-0.15, -0.1) is 11.3 Å². The van der Waals surface area contributed by atoms with Crippen molar-refractivity contribution in [2.45, 2.75) is 24.9 Å². The average Bonchev–Trinajstić information content (AvgIpc) is 2.86. The SMILES string of the molecule is NC1CC(C(=O)O)N(C(=O)Cc2cccs2)C1. The Balaban J connectivity index is 2.05. The smallest absolute Gasteiger partial charge is 0.326 e. The Bertz CT molecular complexity index is 418. The summed E-state index contributed by atoms with van der Waals surface area (Å²) < 4.78 is 0. The summed E-state index contributed by atoms with van der Waals surface area (Å²) in [5.41, 5.74) is 5.71. The third-order valence-electron chi connectivity index (χ3n) is 2.84. The molecule has 92 valence electrons. The number of carboxylic acid groups (broad SMARTS) is 1. The van der Waals surface area contributed by atoms with Crippen LogP contribution in [0.25, 0.3) is 0 Å². The molecule has 2 rings (SSSR count). The molecule has 0 spiro atoms. The molecule has 2 unspecified atom stereocenters. The maximum absolute atomic E-state index is 12.0. The van der Waals surface area contributed by atoms with Crippen molar-refractivity contribution in [3.05, 3.63) is 22.4 Å². The van der Waals surface area contributed by atoms with Gasteiger partial charge in [0.15, 0.2) is 0 Å². The first-order valence-corrected chi connectivity index (χ1v) is 6.26. The van der Waals surface area contributed by atoms with E-state index < -0.39 is 12.0 Å². The Kier molecular flexibility index (Phi) is 3.44. The topological polar surface area (TPSA) is 83.6 Å². The molecule has 0 radical (unpaired) electrons. The minimum Gasteiger partial charge on any atom is -0.480 e. The average molecular weight is 254 g/mol. The Morgan fingerprint density at radius 2 is 2.35 bits per heavy atom. The zero-order chi connectivity index (χ0) is 12.4. The number of nitrogens with zero attached hydrogens (tertiary/aromatic N) is 1. The Morgan fingerprint density at radius 3 is 2.94 bits per heavy atom. The standard InChI is InChI=1S/C11H14N2O3S/c12-7-4-9(11(15)16)13(6-7)10(14)5-8-2-1-3-17-8/h1-3,7,9H,4-6,12H2,(H,15,16). The molecule has 6 heteroatoms. The monoisotopic (exact) mass is 254 g/mol. The van der Waals surface area contributed by atoms with Gasteiger partial charge in [-0.2, -0.15) is 0 Å². The minimum absolute atomic E-state index is 0.159. The van der Waals surface area contributed by atoms with Crippen LogP contribution < -0.4 is 5.73 Å². The molecule has 3 N–H and O–H groups in total. The number of aliphatic carboxylic acids is 1. The Hall–Kier alpha value is -1.40. The maximum Gasteiger partial charge on any atom is 0.326 e. The lowest BCUT2D eigenvalue weighted by Gasteiger charge is -2.20. The highest BCUT2D eigenvalue weighted by Gasteiger charge is 2.37. The van der Waals surface area contributed by atoms with Gasteiger partial charge in [0.2, 0.25) is 5.91 Å². The molecule has 1 aromatic heterocycles. The van der Waals surface area contributed by atoms with Crippen molar-refractivity contribution in [2.75, 3.05) is 6.54 Å². The summed E-state index contributed by atoms with van der Waals surface area (Å²) in [5, 5.41) is 10.9. The number of carbonyl (C=O) groups excluding carboxylic acids is 1. The van der Waals surface area contributed by atoms with Gasteiger partial charge in [0, 0.05) is 17.5 Å². The van der Waals surface area contributed by atoms with Crippen molar-refractivity contribution in [3.8, 4) is 0 Å². The molecule has 0 aromatic carbocycles. The second kappa shape index (κ2) is 4.85. The highest BCUT2D eigenvalue weighted by atomic mass is 32.1. The van der Waals surface area contributed by atoms with Crippen LogP contribution in [-0.4, -0.2) is 40.5 Å². The van der Waals surface area contributed by atoms with E-state index in [0.717, 1.165) is 4.88 Å². The second-order valence-electron chi connectivity index (χ2n) is 4.15. The molecule has 5 nitrogen and oxygen atoms in total. The predicted molar refractivity (Wildman–Crippen MR) is 63.8 cm³/mol. The van der Waals surface area contributed by atoms with Crippen molar-refractivity contribution in [1.82, 2.24) is 4.90 Å². The molecule has 17 heavy (non-hydrogen) atoms. The van der Waals surface area contributed by atoms with Crippen molar-refractivity contribution >= 4 is 23.2 Å². The summed E-state index contributed by atoms with van der Waals surface area (Å²) in [6.45, 7) is 0.334. The van der Waals surface area contributed by atoms with Crippen LogP contribution in [0.5, 0.6) is 0 Å². The fourth-order valence-electron chi connectivity index (χ4n) is 2.04. The van der Waals surface area contributed by atoms with E-state index >= 15 is 0 Å². The summed E-state index contributed by atoms with van der Waals surface area (Å²) >= 11 is 1.49. The zero-order valence-corrected chi connectivity index (χ0v) is 10.0. The van der Waals surface area contributed by atoms with Crippen LogP contribution in [0.2, 0.25) is 0 Å². The van der Waals surface area contributed by atoms with E-state index in [1.807, 2.05) is 17.5 Å². The number of thiophene rings is 1. The molecule has 1 fully saturated rings. The van der Waals surface area contributed by atoms with Gasteiger partial charge in [-0.05, 0) is 17.9 Å². The molecule has 0 bridgehead atoms. The third kappa shape index (κ3) is 2.65. The first-order valence-electron chi connectivity index (χ1n) is 5.38. The lowest BCUT2D eigenvalue weighted by molar-refractivity contribution is -0.147. The molecule has 2 heterocycles. The van der Waals surface area contributed by atoms with Gasteiger partial charge < -0.3 is 15.7 Å². The van der Waals surface area contributed by atoms with Crippen molar-refractivity contribution in [3.63, 3.8) is 0 Å². The number of rotatable bonds is 3. The van der Waals surface area contributed by atoms with Crippen LogP contribution in [-0.2, 0) is 16.0 Å². The van der Waals surface area contributed by atoms with Crippen LogP contribution in [0, 0.1) is 0 Å². The quantitative estimate of drug-likeness (QED) is 0.812. The fourth-order valence-corrected chi connectivity index (χ4v) is 2.74. The Morgan fingerprint density at radius 1 is 1.59 bits per heavy atom. The van der Waals surface area contributed by atoms with E-state index in [1.165, 1.54) is 16.2 Å². The first kappa shape index (κ1) is 12.1. The molecule has 0 saturated carbocycles. The number of hydrogen-bond acceptors (Lipinski definition) is 4. The number of nitrogens with two attached hydrogens (primary N) is 1. The van der Waals surface area contributed by atoms with Crippen LogP contribution in [0.15, 0.2) is 17.5 Å². The highest BCUT2D eigenvalue weighted by Crippen LogP contribution is 2.19. The lowest BCUT2D eigenvalue weighted by Crippen LogP contribution is -2.41. The number of hydrogen-bond donors (Lipinski definition) is 2. The summed E-state index contributed by atoms with van der Waals surface area (Å²) in [7, 11) is 0. The van der Waals surface area contributed by atoms with Crippen LogP contribution in [0.4, 0.5) is 0 Å². The Labute approximate surface area is 103 Å². The van der Waals surface area contributed by atoms with E-state index in [1.54, 1.807) is 0 Å². The summed E-state index contributed by atoms with van der Waals surface area (Å²) in [6, 6.07) is 2.74. The number of carboxylic acids is 1.